The molecule has 0 bridgehead atoms. The Hall–Kier alpha value is -0.530. The van der Waals surface area contributed by atoms with Gasteiger partial charge in [0.15, 0.2) is 0 Å². The Kier molecular flexibility index (Phi) is 4.69. The van der Waals surface area contributed by atoms with Crippen LogP contribution in [0.2, 0.25) is 5.02 Å². The molecule has 0 saturated heterocycles. The predicted molar refractivity (Wildman–Crippen MR) is 79.1 cm³/mol. The first-order valence-corrected chi connectivity index (χ1v) is 7.50. The molecule has 1 atom stereocenters. The van der Waals surface area contributed by atoms with E-state index in [0.717, 1.165) is 18.0 Å². The zero-order chi connectivity index (χ0) is 13.0. The number of hydrogen-bond donors (Lipinski definition) is 1. The van der Waals surface area contributed by atoms with Crippen molar-refractivity contribution in [3.8, 4) is 0 Å². The minimum atomic E-state index is 0.458. The number of halogens is 1. The number of rotatable bonds is 5. The summed E-state index contributed by atoms with van der Waals surface area (Å²) in [6.45, 7) is 5.79. The third-order valence-electron chi connectivity index (χ3n) is 4.27. The predicted octanol–water partition coefficient (Wildman–Crippen LogP) is 4.96. The van der Waals surface area contributed by atoms with Crippen molar-refractivity contribution in [2.75, 3.05) is 6.54 Å². The summed E-state index contributed by atoms with van der Waals surface area (Å²) in [5, 5.41) is 4.56. The van der Waals surface area contributed by atoms with Gasteiger partial charge in [0.2, 0.25) is 0 Å². The fourth-order valence-corrected chi connectivity index (χ4v) is 3.09. The van der Waals surface area contributed by atoms with Crippen molar-refractivity contribution < 1.29 is 0 Å². The van der Waals surface area contributed by atoms with Gasteiger partial charge in [-0.15, -0.1) is 0 Å². The van der Waals surface area contributed by atoms with Crippen LogP contribution in [0, 0.1) is 5.41 Å². The smallest absolute Gasteiger partial charge is 0.0406 e. The third-order valence-corrected chi connectivity index (χ3v) is 4.52. The molecule has 1 aromatic rings. The van der Waals surface area contributed by atoms with E-state index in [-0.39, 0.29) is 0 Å². The molecule has 1 saturated carbocycles. The van der Waals surface area contributed by atoms with E-state index in [0.29, 0.717) is 11.5 Å². The van der Waals surface area contributed by atoms with Crippen molar-refractivity contribution in [2.24, 2.45) is 5.41 Å². The first-order chi connectivity index (χ1) is 8.63. The van der Waals surface area contributed by atoms with E-state index in [1.54, 1.807) is 0 Å². The minimum Gasteiger partial charge on any atom is -0.309 e. The van der Waals surface area contributed by atoms with E-state index in [1.807, 2.05) is 12.1 Å². The monoisotopic (exact) mass is 265 g/mol. The normalized spacial score (nSPS) is 19.9. The molecule has 0 heterocycles. The second kappa shape index (κ2) is 6.08. The summed E-state index contributed by atoms with van der Waals surface area (Å²) in [4.78, 5) is 0. The highest BCUT2D eigenvalue weighted by Gasteiger charge is 2.28. The Morgan fingerprint density at radius 1 is 1.22 bits per heavy atom. The molecular formula is C16H24ClN. The molecule has 18 heavy (non-hydrogen) atoms. The summed E-state index contributed by atoms with van der Waals surface area (Å²) in [6.07, 6.45) is 6.66. The second-order valence-electron chi connectivity index (χ2n) is 5.91. The lowest BCUT2D eigenvalue weighted by Crippen LogP contribution is -2.32. The Balaban J connectivity index is 1.95. The van der Waals surface area contributed by atoms with Gasteiger partial charge in [0, 0.05) is 17.6 Å². The number of nitrogens with one attached hydrogen (secondary N) is 1. The highest BCUT2D eigenvalue weighted by molar-refractivity contribution is 6.30. The van der Waals surface area contributed by atoms with Gasteiger partial charge in [0.05, 0.1) is 0 Å². The zero-order valence-electron chi connectivity index (χ0n) is 11.5. The van der Waals surface area contributed by atoms with Crippen LogP contribution in [0.3, 0.4) is 0 Å². The lowest BCUT2D eigenvalue weighted by Gasteiger charge is -2.27. The molecule has 0 amide bonds. The van der Waals surface area contributed by atoms with Crippen molar-refractivity contribution in [3.63, 3.8) is 0 Å². The van der Waals surface area contributed by atoms with Gasteiger partial charge in [-0.25, -0.2) is 0 Å². The molecule has 2 heteroatoms. The molecule has 0 spiro atoms. The SMILES string of the molecule is CCC(NCC1(C)CCCC1)c1ccc(Cl)cc1. The lowest BCUT2D eigenvalue weighted by molar-refractivity contribution is 0.295. The molecule has 1 N–H and O–H groups in total. The average molecular weight is 266 g/mol. The van der Waals surface area contributed by atoms with Gasteiger partial charge in [0.25, 0.3) is 0 Å². The lowest BCUT2D eigenvalue weighted by atomic mass is 9.88. The van der Waals surface area contributed by atoms with Gasteiger partial charge in [-0.1, -0.05) is 50.4 Å². The van der Waals surface area contributed by atoms with Crippen LogP contribution >= 0.6 is 11.6 Å². The molecule has 1 aliphatic carbocycles. The highest BCUT2D eigenvalue weighted by Crippen LogP contribution is 2.37. The van der Waals surface area contributed by atoms with Gasteiger partial charge in [-0.3, -0.25) is 0 Å². The molecule has 1 aromatic carbocycles. The van der Waals surface area contributed by atoms with Gasteiger partial charge < -0.3 is 5.32 Å². The maximum absolute atomic E-state index is 5.94. The molecule has 0 aliphatic heterocycles. The van der Waals surface area contributed by atoms with Crippen LogP contribution < -0.4 is 5.32 Å². The average Bonchev–Trinajstić information content (AvgIpc) is 2.79. The van der Waals surface area contributed by atoms with Crippen molar-refractivity contribution in [1.82, 2.24) is 5.32 Å². The van der Waals surface area contributed by atoms with E-state index in [4.69, 9.17) is 11.6 Å². The molecule has 2 rings (SSSR count). The maximum atomic E-state index is 5.94. The molecule has 1 nitrogen and oxygen atoms in total. The van der Waals surface area contributed by atoms with Crippen LogP contribution in [0.1, 0.15) is 57.6 Å². The van der Waals surface area contributed by atoms with Crippen molar-refractivity contribution >= 4 is 11.6 Å². The first kappa shape index (κ1) is 13.9. The Morgan fingerprint density at radius 2 is 1.83 bits per heavy atom. The van der Waals surface area contributed by atoms with Gasteiger partial charge in [-0.2, -0.15) is 0 Å². The van der Waals surface area contributed by atoms with E-state index in [9.17, 15) is 0 Å². The largest absolute Gasteiger partial charge is 0.309 e. The second-order valence-corrected chi connectivity index (χ2v) is 6.35. The van der Waals surface area contributed by atoms with E-state index >= 15 is 0 Å². The van der Waals surface area contributed by atoms with Crippen molar-refractivity contribution in [1.29, 1.82) is 0 Å². The minimum absolute atomic E-state index is 0.458. The van der Waals surface area contributed by atoms with Crippen LogP contribution in [-0.4, -0.2) is 6.54 Å². The molecule has 1 unspecified atom stereocenters. The van der Waals surface area contributed by atoms with Crippen LogP contribution in [0.5, 0.6) is 0 Å². The van der Waals surface area contributed by atoms with Crippen LogP contribution in [-0.2, 0) is 0 Å². The first-order valence-electron chi connectivity index (χ1n) is 7.12. The van der Waals surface area contributed by atoms with Crippen LogP contribution in [0.15, 0.2) is 24.3 Å². The number of benzene rings is 1. The highest BCUT2D eigenvalue weighted by atomic mass is 35.5. The van der Waals surface area contributed by atoms with Gasteiger partial charge >= 0.3 is 0 Å². The summed E-state index contributed by atoms with van der Waals surface area (Å²) in [5.74, 6) is 0. The van der Waals surface area contributed by atoms with Crippen LogP contribution in [0.25, 0.3) is 0 Å². The maximum Gasteiger partial charge on any atom is 0.0406 e. The third kappa shape index (κ3) is 3.49. The van der Waals surface area contributed by atoms with Crippen LogP contribution in [0.4, 0.5) is 0 Å². The molecular weight excluding hydrogens is 242 g/mol. The fraction of sp³-hybridized carbons (Fsp3) is 0.625. The van der Waals surface area contributed by atoms with E-state index in [1.165, 1.54) is 31.2 Å². The summed E-state index contributed by atoms with van der Waals surface area (Å²) in [5.41, 5.74) is 1.86. The Labute approximate surface area is 116 Å². The number of hydrogen-bond acceptors (Lipinski definition) is 1. The standard InChI is InChI=1S/C16H24ClN/c1-3-15(13-6-8-14(17)9-7-13)18-12-16(2)10-4-5-11-16/h6-9,15,18H,3-5,10-12H2,1-2H3. The van der Waals surface area contributed by atoms with E-state index in [2.05, 4.69) is 31.3 Å². The summed E-state index contributed by atoms with van der Waals surface area (Å²) >= 11 is 5.94. The summed E-state index contributed by atoms with van der Waals surface area (Å²) < 4.78 is 0. The van der Waals surface area contributed by atoms with Crippen molar-refractivity contribution in [3.05, 3.63) is 34.9 Å². The quantitative estimate of drug-likeness (QED) is 0.793. The topological polar surface area (TPSA) is 12.0 Å². The van der Waals surface area contributed by atoms with Crippen molar-refractivity contribution in [2.45, 2.75) is 52.0 Å². The zero-order valence-corrected chi connectivity index (χ0v) is 12.3. The Morgan fingerprint density at radius 3 is 2.39 bits per heavy atom. The molecule has 100 valence electrons. The fourth-order valence-electron chi connectivity index (χ4n) is 2.97. The van der Waals surface area contributed by atoms with E-state index < -0.39 is 0 Å². The molecule has 0 aromatic heterocycles. The van der Waals surface area contributed by atoms with Gasteiger partial charge in [-0.05, 0) is 42.4 Å². The molecule has 1 aliphatic rings. The Bertz CT molecular complexity index is 365. The molecule has 1 fully saturated rings. The van der Waals surface area contributed by atoms with Gasteiger partial charge in [0.1, 0.15) is 0 Å². The summed E-state index contributed by atoms with van der Waals surface area (Å²) in [7, 11) is 0. The summed E-state index contributed by atoms with van der Waals surface area (Å²) in [6, 6.07) is 8.71. The molecule has 0 radical (unpaired) electrons.